The Balaban J connectivity index is 1.93. The molecule has 3 aromatic rings. The van der Waals surface area contributed by atoms with Gasteiger partial charge in [-0.2, -0.15) is 5.26 Å². The van der Waals surface area contributed by atoms with Crippen molar-refractivity contribution >= 4 is 11.5 Å². The van der Waals surface area contributed by atoms with Crippen LogP contribution in [0, 0.1) is 23.7 Å². The first-order chi connectivity index (χ1) is 14.3. The summed E-state index contributed by atoms with van der Waals surface area (Å²) in [6, 6.07) is 17.0. The second kappa shape index (κ2) is 7.34. The average Bonchev–Trinajstić information content (AvgIpc) is 3.05. The third-order valence-corrected chi connectivity index (χ3v) is 5.34. The van der Waals surface area contributed by atoms with Crippen LogP contribution in [0.5, 0.6) is 0 Å². The highest BCUT2D eigenvalue weighted by atomic mass is 16.1. The Labute approximate surface area is 175 Å². The van der Waals surface area contributed by atoms with E-state index in [-0.39, 0.29) is 12.2 Å². The molecule has 1 aliphatic heterocycles. The lowest BCUT2D eigenvalue weighted by molar-refractivity contribution is -0.126. The van der Waals surface area contributed by atoms with Gasteiger partial charge in [0.15, 0.2) is 5.82 Å². The van der Waals surface area contributed by atoms with E-state index < -0.39 is 11.5 Å². The molecule has 0 aliphatic carbocycles. The highest BCUT2D eigenvalue weighted by Gasteiger charge is 2.32. The van der Waals surface area contributed by atoms with Gasteiger partial charge in [-0.15, -0.1) is 10.2 Å². The first-order valence-electron chi connectivity index (χ1n) is 9.93. The number of para-hydroxylation sites is 1. The summed E-state index contributed by atoms with van der Waals surface area (Å²) in [5.74, 6) is 1.54. The fourth-order valence-electron chi connectivity index (χ4n) is 3.60. The van der Waals surface area contributed by atoms with Gasteiger partial charge in [0.05, 0.1) is 23.0 Å². The van der Waals surface area contributed by atoms with E-state index in [1.807, 2.05) is 68.7 Å². The third-order valence-electron chi connectivity index (χ3n) is 5.34. The summed E-state index contributed by atoms with van der Waals surface area (Å²) in [5.41, 5.74) is 3.68. The first-order valence-corrected chi connectivity index (χ1v) is 9.93. The standard InChI is InChI=1S/C24H23N5O/c1-15-27-28-23-19(13-21(30)24(2,3)4)26-22(17-11-9-16(14-25)10-12-17)18-7-5-6-8-20(18)29(15)23/h5-12,19H,13H2,1-4H3/t19-/m0/s1. The molecule has 1 aromatic heterocycles. The van der Waals surface area contributed by atoms with E-state index in [0.29, 0.717) is 11.4 Å². The molecule has 0 N–H and O–H groups in total. The monoisotopic (exact) mass is 397 g/mol. The van der Waals surface area contributed by atoms with Gasteiger partial charge in [-0.05, 0) is 25.1 Å². The molecule has 30 heavy (non-hydrogen) atoms. The molecule has 0 fully saturated rings. The van der Waals surface area contributed by atoms with Gasteiger partial charge >= 0.3 is 0 Å². The number of benzene rings is 2. The van der Waals surface area contributed by atoms with Gasteiger partial charge in [0.25, 0.3) is 0 Å². The maximum absolute atomic E-state index is 12.9. The SMILES string of the molecule is Cc1nnc2n1-c1ccccc1C(c1ccc(C#N)cc1)=N[C@H]2CC(=O)C(C)(C)C. The summed E-state index contributed by atoms with van der Waals surface area (Å²) >= 11 is 0. The number of carbonyl (C=O) groups excluding carboxylic acids is 1. The van der Waals surface area contributed by atoms with Gasteiger partial charge < -0.3 is 0 Å². The van der Waals surface area contributed by atoms with E-state index in [9.17, 15) is 4.79 Å². The number of aryl methyl sites for hydroxylation is 1. The molecule has 0 unspecified atom stereocenters. The van der Waals surface area contributed by atoms with Crippen LogP contribution in [0.1, 0.15) is 61.6 Å². The summed E-state index contributed by atoms with van der Waals surface area (Å²) in [6.07, 6.45) is 0.245. The Morgan fingerprint density at radius 2 is 1.80 bits per heavy atom. The number of fused-ring (bicyclic) bond motifs is 3. The van der Waals surface area contributed by atoms with Gasteiger partial charge in [0.1, 0.15) is 17.6 Å². The van der Waals surface area contributed by atoms with E-state index in [4.69, 9.17) is 10.3 Å². The van der Waals surface area contributed by atoms with Crippen LogP contribution >= 0.6 is 0 Å². The predicted molar refractivity (Wildman–Crippen MR) is 115 cm³/mol. The lowest BCUT2D eigenvalue weighted by Crippen LogP contribution is -2.23. The normalized spacial score (nSPS) is 15.4. The fourth-order valence-corrected chi connectivity index (χ4v) is 3.60. The van der Waals surface area contributed by atoms with Crippen LogP contribution in [0.25, 0.3) is 5.69 Å². The number of nitriles is 1. The molecule has 6 heteroatoms. The van der Waals surface area contributed by atoms with Crippen LogP contribution in [0.3, 0.4) is 0 Å². The van der Waals surface area contributed by atoms with Crippen molar-refractivity contribution in [3.63, 3.8) is 0 Å². The molecule has 2 heterocycles. The number of hydrogen-bond donors (Lipinski definition) is 0. The highest BCUT2D eigenvalue weighted by molar-refractivity contribution is 6.15. The Kier molecular flexibility index (Phi) is 4.83. The molecular formula is C24H23N5O. The van der Waals surface area contributed by atoms with Crippen molar-refractivity contribution < 1.29 is 4.79 Å². The van der Waals surface area contributed by atoms with Crippen molar-refractivity contribution in [1.29, 1.82) is 5.26 Å². The van der Waals surface area contributed by atoms with Crippen molar-refractivity contribution in [2.45, 2.75) is 40.2 Å². The van der Waals surface area contributed by atoms with E-state index >= 15 is 0 Å². The fraction of sp³-hybridized carbons (Fsp3) is 0.292. The molecule has 150 valence electrons. The van der Waals surface area contributed by atoms with Crippen LogP contribution in [0.4, 0.5) is 0 Å². The number of carbonyl (C=O) groups is 1. The van der Waals surface area contributed by atoms with E-state index in [2.05, 4.69) is 16.3 Å². The minimum absolute atomic E-state index is 0.119. The number of hydrogen-bond acceptors (Lipinski definition) is 5. The Morgan fingerprint density at radius 1 is 1.10 bits per heavy atom. The average molecular weight is 397 g/mol. The van der Waals surface area contributed by atoms with Crippen LogP contribution in [-0.4, -0.2) is 26.3 Å². The quantitative estimate of drug-likeness (QED) is 0.658. The number of rotatable bonds is 3. The van der Waals surface area contributed by atoms with Crippen molar-refractivity contribution in [2.24, 2.45) is 10.4 Å². The summed E-state index contributed by atoms with van der Waals surface area (Å²) in [5, 5.41) is 17.8. The number of aromatic nitrogens is 3. The van der Waals surface area contributed by atoms with Gasteiger partial charge in [-0.1, -0.05) is 51.1 Å². The molecule has 0 bridgehead atoms. The van der Waals surface area contributed by atoms with Gasteiger partial charge in [0, 0.05) is 23.0 Å². The van der Waals surface area contributed by atoms with Gasteiger partial charge in [-0.3, -0.25) is 14.4 Å². The number of aliphatic imine (C=N–C) groups is 1. The second-order valence-electron chi connectivity index (χ2n) is 8.52. The lowest BCUT2D eigenvalue weighted by Gasteiger charge is -2.19. The summed E-state index contributed by atoms with van der Waals surface area (Å²) in [7, 11) is 0. The van der Waals surface area contributed by atoms with E-state index in [1.165, 1.54) is 0 Å². The highest BCUT2D eigenvalue weighted by Crippen LogP contribution is 2.34. The minimum Gasteiger partial charge on any atom is -0.299 e. The molecule has 1 aliphatic rings. The molecule has 4 rings (SSSR count). The Bertz CT molecular complexity index is 1190. The topological polar surface area (TPSA) is 83.9 Å². The minimum atomic E-state index is -0.469. The number of nitrogens with zero attached hydrogens (tertiary/aromatic N) is 5. The smallest absolute Gasteiger partial charge is 0.162 e. The maximum atomic E-state index is 12.9. The summed E-state index contributed by atoms with van der Waals surface area (Å²) in [6.45, 7) is 7.66. The van der Waals surface area contributed by atoms with E-state index in [1.54, 1.807) is 12.1 Å². The molecule has 2 aromatic carbocycles. The Morgan fingerprint density at radius 3 is 2.47 bits per heavy atom. The van der Waals surface area contributed by atoms with Crippen LogP contribution in [0.15, 0.2) is 53.5 Å². The second-order valence-corrected chi connectivity index (χ2v) is 8.52. The zero-order valence-corrected chi connectivity index (χ0v) is 17.5. The zero-order chi connectivity index (χ0) is 21.5. The number of ketones is 1. The predicted octanol–water partition coefficient (Wildman–Crippen LogP) is 4.34. The summed E-state index contributed by atoms with van der Waals surface area (Å²) in [4.78, 5) is 17.9. The maximum Gasteiger partial charge on any atom is 0.162 e. The van der Waals surface area contributed by atoms with Crippen LogP contribution in [-0.2, 0) is 4.79 Å². The third kappa shape index (κ3) is 3.43. The van der Waals surface area contributed by atoms with Crippen LogP contribution in [0.2, 0.25) is 0 Å². The van der Waals surface area contributed by atoms with Gasteiger partial charge in [-0.25, -0.2) is 0 Å². The Hall–Kier alpha value is -3.59. The molecule has 6 nitrogen and oxygen atoms in total. The van der Waals surface area contributed by atoms with Gasteiger partial charge in [0.2, 0.25) is 0 Å². The molecule has 0 radical (unpaired) electrons. The van der Waals surface area contributed by atoms with Crippen molar-refractivity contribution in [2.75, 3.05) is 0 Å². The molecule has 0 saturated heterocycles. The zero-order valence-electron chi connectivity index (χ0n) is 17.5. The van der Waals surface area contributed by atoms with Crippen molar-refractivity contribution in [3.8, 4) is 11.8 Å². The summed E-state index contributed by atoms with van der Waals surface area (Å²) < 4.78 is 2.00. The molecular weight excluding hydrogens is 374 g/mol. The molecule has 0 amide bonds. The number of Topliss-reactive ketones (excluding diaryl/α,β-unsaturated/α-hetero) is 1. The molecule has 0 spiro atoms. The molecule has 1 atom stereocenters. The van der Waals surface area contributed by atoms with Crippen LogP contribution < -0.4 is 0 Å². The lowest BCUT2D eigenvalue weighted by atomic mass is 9.87. The first kappa shape index (κ1) is 19.7. The van der Waals surface area contributed by atoms with Crippen molar-refractivity contribution in [3.05, 3.63) is 76.9 Å². The van der Waals surface area contributed by atoms with E-state index in [0.717, 1.165) is 28.4 Å². The largest absolute Gasteiger partial charge is 0.299 e. The van der Waals surface area contributed by atoms with Crippen molar-refractivity contribution in [1.82, 2.24) is 14.8 Å². The molecule has 0 saturated carbocycles.